The molecule has 2 rings (SSSR count). The van der Waals surface area contributed by atoms with Crippen molar-refractivity contribution >= 4 is 5.91 Å². The van der Waals surface area contributed by atoms with E-state index in [1.807, 2.05) is 55.5 Å². The molecule has 2 atom stereocenters. The van der Waals surface area contributed by atoms with Gasteiger partial charge in [0.15, 0.2) is 11.5 Å². The number of carbonyl (C=O) groups excluding carboxylic acids is 1. The number of hydrogen-bond donors (Lipinski definition) is 1. The van der Waals surface area contributed by atoms with Gasteiger partial charge in [-0.1, -0.05) is 69.0 Å². The third kappa shape index (κ3) is 7.45. The van der Waals surface area contributed by atoms with Gasteiger partial charge in [0.1, 0.15) is 6.61 Å². The third-order valence-electron chi connectivity index (χ3n) is 5.20. The molecule has 29 heavy (non-hydrogen) atoms. The molecule has 1 amide bonds. The van der Waals surface area contributed by atoms with Gasteiger partial charge in [0.2, 0.25) is 5.91 Å². The van der Waals surface area contributed by atoms with E-state index in [0.717, 1.165) is 24.0 Å². The van der Waals surface area contributed by atoms with Crippen LogP contribution in [-0.4, -0.2) is 19.1 Å². The van der Waals surface area contributed by atoms with Crippen molar-refractivity contribution < 1.29 is 14.3 Å². The molecule has 0 spiro atoms. The van der Waals surface area contributed by atoms with Crippen LogP contribution in [0.25, 0.3) is 0 Å². The molecule has 4 heteroatoms. The Hall–Kier alpha value is -2.49. The molecule has 0 saturated heterocycles. The second-order valence-corrected chi connectivity index (χ2v) is 7.67. The summed E-state index contributed by atoms with van der Waals surface area (Å²) in [5.41, 5.74) is 2.02. The first-order valence-electron chi connectivity index (χ1n) is 10.7. The maximum absolute atomic E-state index is 12.7. The van der Waals surface area contributed by atoms with Gasteiger partial charge < -0.3 is 14.8 Å². The maximum atomic E-state index is 12.7. The van der Waals surface area contributed by atoms with Crippen molar-refractivity contribution in [2.45, 2.75) is 71.4 Å². The molecule has 0 radical (unpaired) electrons. The number of carbonyl (C=O) groups is 1. The molecule has 0 aliphatic carbocycles. The molecule has 0 fully saturated rings. The van der Waals surface area contributed by atoms with Crippen molar-refractivity contribution in [3.8, 4) is 11.5 Å². The van der Waals surface area contributed by atoms with E-state index in [0.29, 0.717) is 18.1 Å². The fourth-order valence-corrected chi connectivity index (χ4v) is 3.28. The summed E-state index contributed by atoms with van der Waals surface area (Å²) >= 11 is 0. The van der Waals surface area contributed by atoms with Crippen LogP contribution < -0.4 is 14.8 Å². The molecule has 0 aliphatic heterocycles. The summed E-state index contributed by atoms with van der Waals surface area (Å²) < 4.78 is 11.4. The van der Waals surface area contributed by atoms with Crippen LogP contribution in [0, 0.1) is 0 Å². The van der Waals surface area contributed by atoms with Crippen LogP contribution >= 0.6 is 0 Å². The van der Waals surface area contributed by atoms with E-state index in [-0.39, 0.29) is 17.9 Å². The second-order valence-electron chi connectivity index (χ2n) is 7.67. The van der Waals surface area contributed by atoms with Gasteiger partial charge in [0.25, 0.3) is 0 Å². The fourth-order valence-electron chi connectivity index (χ4n) is 3.28. The van der Waals surface area contributed by atoms with Gasteiger partial charge in [-0.15, -0.1) is 0 Å². The highest BCUT2D eigenvalue weighted by molar-refractivity contribution is 5.83. The lowest BCUT2D eigenvalue weighted by Crippen LogP contribution is -2.35. The number of amides is 1. The molecule has 2 aromatic rings. The van der Waals surface area contributed by atoms with Crippen molar-refractivity contribution in [1.29, 1.82) is 0 Å². The van der Waals surface area contributed by atoms with Gasteiger partial charge in [0.05, 0.1) is 13.0 Å². The summed E-state index contributed by atoms with van der Waals surface area (Å²) in [6, 6.07) is 15.9. The van der Waals surface area contributed by atoms with E-state index >= 15 is 0 Å². The molecule has 0 heterocycles. The van der Waals surface area contributed by atoms with Gasteiger partial charge in [-0.3, -0.25) is 4.79 Å². The zero-order valence-corrected chi connectivity index (χ0v) is 18.2. The molecule has 0 aliphatic rings. The van der Waals surface area contributed by atoms with Gasteiger partial charge in [-0.05, 0) is 43.5 Å². The number of methoxy groups -OCH3 is 1. The van der Waals surface area contributed by atoms with Crippen molar-refractivity contribution in [2.75, 3.05) is 7.11 Å². The molecule has 0 aromatic heterocycles. The summed E-state index contributed by atoms with van der Waals surface area (Å²) in [6.07, 6.45) is 5.90. The number of ether oxygens (including phenoxy) is 2. The quantitative estimate of drug-likeness (QED) is 0.457. The van der Waals surface area contributed by atoms with Crippen molar-refractivity contribution in [1.82, 2.24) is 5.32 Å². The van der Waals surface area contributed by atoms with Gasteiger partial charge in [-0.25, -0.2) is 0 Å². The summed E-state index contributed by atoms with van der Waals surface area (Å²) in [5.74, 6) is 1.13. The molecule has 158 valence electrons. The minimum atomic E-state index is -0.245. The van der Waals surface area contributed by atoms with E-state index in [1.165, 1.54) is 19.3 Å². The van der Waals surface area contributed by atoms with Gasteiger partial charge >= 0.3 is 0 Å². The molecular formula is C25H35NO3. The number of unbranched alkanes of at least 4 members (excludes halogenated alkanes) is 3. The van der Waals surface area contributed by atoms with Crippen LogP contribution in [0.1, 0.15) is 69.9 Å². The molecular weight excluding hydrogens is 362 g/mol. The van der Waals surface area contributed by atoms with Crippen LogP contribution in [-0.2, 0) is 11.4 Å². The summed E-state index contributed by atoms with van der Waals surface area (Å²) in [4.78, 5) is 12.7. The summed E-state index contributed by atoms with van der Waals surface area (Å²) in [7, 11) is 1.62. The smallest absolute Gasteiger partial charge is 0.227 e. The normalized spacial score (nSPS) is 12.8. The van der Waals surface area contributed by atoms with Crippen LogP contribution in [0.4, 0.5) is 0 Å². The van der Waals surface area contributed by atoms with E-state index < -0.39 is 0 Å². The lowest BCUT2D eigenvalue weighted by Gasteiger charge is -2.19. The maximum Gasteiger partial charge on any atom is 0.227 e. The van der Waals surface area contributed by atoms with Crippen LogP contribution in [0.5, 0.6) is 11.5 Å². The van der Waals surface area contributed by atoms with Crippen LogP contribution in [0.3, 0.4) is 0 Å². The Morgan fingerprint density at radius 3 is 2.45 bits per heavy atom. The Morgan fingerprint density at radius 1 is 1.00 bits per heavy atom. The van der Waals surface area contributed by atoms with E-state index in [2.05, 4.69) is 19.2 Å². The van der Waals surface area contributed by atoms with Crippen molar-refractivity contribution in [3.05, 3.63) is 59.7 Å². The first kappa shape index (κ1) is 22.8. The molecule has 2 aromatic carbocycles. The standard InChI is InChI=1S/C25H35NO3/c1-5-6-7-9-12-19(2)26-25(27)20(3)22-15-16-23(24(17-22)28-4)29-18-21-13-10-8-11-14-21/h8,10-11,13-17,19-20H,5-7,9,12,18H2,1-4H3,(H,26,27). The SMILES string of the molecule is CCCCCCC(C)NC(=O)C(C)c1ccc(OCc2ccccc2)c(OC)c1. The molecule has 0 saturated carbocycles. The summed E-state index contributed by atoms with van der Waals surface area (Å²) in [6.45, 7) is 6.69. The first-order valence-corrected chi connectivity index (χ1v) is 10.7. The average Bonchev–Trinajstić information content (AvgIpc) is 2.75. The number of hydrogen-bond acceptors (Lipinski definition) is 3. The minimum Gasteiger partial charge on any atom is -0.493 e. The predicted octanol–water partition coefficient (Wildman–Crippen LogP) is 5.85. The highest BCUT2D eigenvalue weighted by Crippen LogP contribution is 2.31. The van der Waals surface area contributed by atoms with Gasteiger partial charge in [-0.2, -0.15) is 0 Å². The highest BCUT2D eigenvalue weighted by Gasteiger charge is 2.19. The molecule has 0 bridgehead atoms. The monoisotopic (exact) mass is 397 g/mol. The van der Waals surface area contributed by atoms with Crippen LogP contribution in [0.2, 0.25) is 0 Å². The van der Waals surface area contributed by atoms with E-state index in [9.17, 15) is 4.79 Å². The Labute approximate surface area is 175 Å². The lowest BCUT2D eigenvalue weighted by atomic mass is 9.99. The molecule has 1 N–H and O–H groups in total. The third-order valence-corrected chi connectivity index (χ3v) is 5.20. The summed E-state index contributed by atoms with van der Waals surface area (Å²) in [5, 5.41) is 3.14. The Bertz CT molecular complexity index is 745. The largest absolute Gasteiger partial charge is 0.493 e. The van der Waals surface area contributed by atoms with Crippen molar-refractivity contribution in [3.63, 3.8) is 0 Å². The Morgan fingerprint density at radius 2 is 1.76 bits per heavy atom. The first-order chi connectivity index (χ1) is 14.0. The predicted molar refractivity (Wildman–Crippen MR) is 119 cm³/mol. The Balaban J connectivity index is 1.94. The van der Waals surface area contributed by atoms with E-state index in [1.54, 1.807) is 7.11 Å². The number of benzene rings is 2. The van der Waals surface area contributed by atoms with Crippen molar-refractivity contribution in [2.24, 2.45) is 0 Å². The fraction of sp³-hybridized carbons (Fsp3) is 0.480. The number of nitrogens with one attached hydrogen (secondary N) is 1. The zero-order valence-electron chi connectivity index (χ0n) is 18.2. The lowest BCUT2D eigenvalue weighted by molar-refractivity contribution is -0.122. The van der Waals surface area contributed by atoms with Gasteiger partial charge in [0, 0.05) is 6.04 Å². The second kappa shape index (κ2) is 12.2. The molecule has 4 nitrogen and oxygen atoms in total. The number of rotatable bonds is 12. The minimum absolute atomic E-state index is 0.0491. The Kier molecular flexibility index (Phi) is 9.55. The van der Waals surface area contributed by atoms with E-state index in [4.69, 9.17) is 9.47 Å². The highest BCUT2D eigenvalue weighted by atomic mass is 16.5. The average molecular weight is 398 g/mol. The zero-order chi connectivity index (χ0) is 21.1. The van der Waals surface area contributed by atoms with Crippen LogP contribution in [0.15, 0.2) is 48.5 Å². The molecule has 2 unspecified atom stereocenters. The topological polar surface area (TPSA) is 47.6 Å².